The second-order valence-corrected chi connectivity index (χ2v) is 8.01. The van der Waals surface area contributed by atoms with Crippen molar-refractivity contribution in [3.8, 4) is 17.2 Å². The van der Waals surface area contributed by atoms with Crippen LogP contribution in [0.2, 0.25) is 0 Å². The van der Waals surface area contributed by atoms with Gasteiger partial charge in [-0.15, -0.1) is 0 Å². The molecule has 2 heterocycles. The van der Waals surface area contributed by atoms with E-state index in [9.17, 15) is 4.79 Å². The van der Waals surface area contributed by atoms with Crippen LogP contribution in [-0.2, 0) is 4.79 Å². The fourth-order valence-corrected chi connectivity index (χ4v) is 4.36. The number of likely N-dealkylation sites (tertiary alicyclic amines) is 1. The molecule has 2 aromatic carbocycles. The summed E-state index contributed by atoms with van der Waals surface area (Å²) in [7, 11) is 3.29. The normalized spacial score (nSPS) is 14.8. The van der Waals surface area contributed by atoms with E-state index in [1.165, 1.54) is 10.9 Å². The predicted molar refractivity (Wildman–Crippen MR) is 127 cm³/mol. The fraction of sp³-hybridized carbons (Fsp3) is 0.346. The van der Waals surface area contributed by atoms with Gasteiger partial charge < -0.3 is 24.1 Å². The number of aromatic amines is 1. The van der Waals surface area contributed by atoms with Crippen LogP contribution in [-0.4, -0.2) is 49.7 Å². The number of fused-ring (bicyclic) bond motifs is 1. The second kappa shape index (κ2) is 9.81. The topological polar surface area (TPSA) is 63.8 Å². The molecule has 1 aliphatic rings. The number of hydrogen-bond acceptors (Lipinski definition) is 4. The van der Waals surface area contributed by atoms with Crippen LogP contribution in [0.25, 0.3) is 17.0 Å². The fourth-order valence-electron chi connectivity index (χ4n) is 4.36. The van der Waals surface area contributed by atoms with Crippen molar-refractivity contribution in [3.63, 3.8) is 0 Å². The minimum absolute atomic E-state index is 0.00336. The molecule has 1 aliphatic heterocycles. The third-order valence-corrected chi connectivity index (χ3v) is 6.11. The van der Waals surface area contributed by atoms with Crippen LogP contribution in [0.1, 0.15) is 36.8 Å². The van der Waals surface area contributed by atoms with E-state index in [1.807, 2.05) is 54.3 Å². The Morgan fingerprint density at radius 3 is 2.62 bits per heavy atom. The first-order valence-corrected chi connectivity index (χ1v) is 11.0. The standard InChI is InChI=1S/C26H30N2O4/c1-4-5-18-6-9-24(25(14-18)31-3)32-17-26(29)28-12-10-19(11-13-28)22-16-27-23-8-7-20(30-2)15-21(22)23/h4-9,14-16,19,27H,10-13,17H2,1-3H3/b5-4+. The molecule has 0 saturated carbocycles. The lowest BCUT2D eigenvalue weighted by Crippen LogP contribution is -2.40. The van der Waals surface area contributed by atoms with E-state index in [0.717, 1.165) is 42.8 Å². The minimum Gasteiger partial charge on any atom is -0.497 e. The summed E-state index contributed by atoms with van der Waals surface area (Å²) >= 11 is 0. The van der Waals surface area contributed by atoms with E-state index in [1.54, 1.807) is 14.2 Å². The Morgan fingerprint density at radius 2 is 1.91 bits per heavy atom. The zero-order valence-corrected chi connectivity index (χ0v) is 18.9. The quantitative estimate of drug-likeness (QED) is 0.568. The van der Waals surface area contributed by atoms with E-state index < -0.39 is 0 Å². The van der Waals surface area contributed by atoms with Crippen molar-refractivity contribution in [2.45, 2.75) is 25.7 Å². The minimum atomic E-state index is 0.00336. The second-order valence-electron chi connectivity index (χ2n) is 8.01. The highest BCUT2D eigenvalue weighted by Crippen LogP contribution is 2.35. The molecule has 3 aromatic rings. The van der Waals surface area contributed by atoms with Crippen molar-refractivity contribution in [2.75, 3.05) is 33.9 Å². The van der Waals surface area contributed by atoms with Gasteiger partial charge in [0, 0.05) is 30.2 Å². The van der Waals surface area contributed by atoms with Gasteiger partial charge in [-0.3, -0.25) is 4.79 Å². The van der Waals surface area contributed by atoms with Gasteiger partial charge in [0.2, 0.25) is 0 Å². The highest BCUT2D eigenvalue weighted by atomic mass is 16.5. The van der Waals surface area contributed by atoms with Crippen molar-refractivity contribution < 1.29 is 19.0 Å². The maximum Gasteiger partial charge on any atom is 0.260 e. The average molecular weight is 435 g/mol. The number of amides is 1. The summed E-state index contributed by atoms with van der Waals surface area (Å²) in [6, 6.07) is 11.8. The highest BCUT2D eigenvalue weighted by molar-refractivity contribution is 5.85. The molecule has 1 saturated heterocycles. The monoisotopic (exact) mass is 434 g/mol. The van der Waals surface area contributed by atoms with Gasteiger partial charge in [0.1, 0.15) is 5.75 Å². The molecular weight excluding hydrogens is 404 g/mol. The molecule has 6 heteroatoms. The number of benzene rings is 2. The van der Waals surface area contributed by atoms with Gasteiger partial charge in [-0.05, 0) is 67.1 Å². The van der Waals surface area contributed by atoms with Gasteiger partial charge in [0.15, 0.2) is 18.1 Å². The molecule has 0 spiro atoms. The van der Waals surface area contributed by atoms with Crippen LogP contribution in [0.15, 0.2) is 48.7 Å². The number of H-pyrrole nitrogens is 1. The molecule has 0 unspecified atom stereocenters. The van der Waals surface area contributed by atoms with Crippen molar-refractivity contribution in [1.29, 1.82) is 0 Å². The van der Waals surface area contributed by atoms with Gasteiger partial charge in [-0.2, -0.15) is 0 Å². The summed E-state index contributed by atoms with van der Waals surface area (Å²) in [4.78, 5) is 18.0. The molecule has 1 fully saturated rings. The van der Waals surface area contributed by atoms with Crippen LogP contribution in [0, 0.1) is 0 Å². The first-order valence-electron chi connectivity index (χ1n) is 11.0. The molecule has 0 atom stereocenters. The molecule has 0 radical (unpaired) electrons. The number of carbonyl (C=O) groups excluding carboxylic acids is 1. The smallest absolute Gasteiger partial charge is 0.260 e. The van der Waals surface area contributed by atoms with E-state index in [-0.39, 0.29) is 12.5 Å². The highest BCUT2D eigenvalue weighted by Gasteiger charge is 2.26. The number of piperidine rings is 1. The first kappa shape index (κ1) is 21.8. The van der Waals surface area contributed by atoms with Crippen molar-refractivity contribution in [3.05, 3.63) is 59.8 Å². The Balaban J connectivity index is 1.35. The maximum atomic E-state index is 12.8. The van der Waals surface area contributed by atoms with Crippen molar-refractivity contribution >= 4 is 22.9 Å². The number of aromatic nitrogens is 1. The molecule has 1 amide bonds. The Morgan fingerprint density at radius 1 is 1.09 bits per heavy atom. The number of nitrogens with one attached hydrogen (secondary N) is 1. The summed E-state index contributed by atoms with van der Waals surface area (Å²) < 4.78 is 16.6. The van der Waals surface area contributed by atoms with Crippen LogP contribution >= 0.6 is 0 Å². The van der Waals surface area contributed by atoms with E-state index in [2.05, 4.69) is 17.2 Å². The van der Waals surface area contributed by atoms with Gasteiger partial charge in [-0.25, -0.2) is 0 Å². The third kappa shape index (κ3) is 4.59. The van der Waals surface area contributed by atoms with Crippen LogP contribution in [0.3, 0.4) is 0 Å². The lowest BCUT2D eigenvalue weighted by atomic mass is 9.89. The number of carbonyl (C=O) groups is 1. The van der Waals surface area contributed by atoms with Crippen LogP contribution in [0.5, 0.6) is 17.2 Å². The van der Waals surface area contributed by atoms with Gasteiger partial charge in [0.05, 0.1) is 14.2 Å². The number of nitrogens with zero attached hydrogens (tertiary/aromatic N) is 1. The van der Waals surface area contributed by atoms with Crippen LogP contribution < -0.4 is 14.2 Å². The first-order chi connectivity index (χ1) is 15.6. The number of ether oxygens (including phenoxy) is 3. The van der Waals surface area contributed by atoms with E-state index in [4.69, 9.17) is 14.2 Å². The summed E-state index contributed by atoms with van der Waals surface area (Å²) in [6.45, 7) is 3.42. The maximum absolute atomic E-state index is 12.8. The molecule has 0 bridgehead atoms. The summed E-state index contributed by atoms with van der Waals surface area (Å²) in [5.74, 6) is 2.49. The third-order valence-electron chi connectivity index (χ3n) is 6.11. The van der Waals surface area contributed by atoms with Crippen molar-refractivity contribution in [2.24, 2.45) is 0 Å². The summed E-state index contributed by atoms with van der Waals surface area (Å²) in [5.41, 5.74) is 3.44. The Bertz CT molecular complexity index is 1110. The molecule has 6 nitrogen and oxygen atoms in total. The molecule has 0 aliphatic carbocycles. The number of hydrogen-bond donors (Lipinski definition) is 1. The molecule has 168 valence electrons. The molecule has 1 aromatic heterocycles. The zero-order valence-electron chi connectivity index (χ0n) is 18.9. The molecule has 1 N–H and O–H groups in total. The van der Waals surface area contributed by atoms with E-state index >= 15 is 0 Å². The Labute approximate surface area is 188 Å². The van der Waals surface area contributed by atoms with Gasteiger partial charge in [-0.1, -0.05) is 18.2 Å². The Hall–Kier alpha value is -3.41. The Kier molecular flexibility index (Phi) is 6.69. The largest absolute Gasteiger partial charge is 0.497 e. The van der Waals surface area contributed by atoms with Crippen molar-refractivity contribution in [1.82, 2.24) is 9.88 Å². The zero-order chi connectivity index (χ0) is 22.5. The molecule has 4 rings (SSSR count). The SMILES string of the molecule is C/C=C/c1ccc(OCC(=O)N2CCC(c3c[nH]c4ccc(OC)cc34)CC2)c(OC)c1. The molecule has 32 heavy (non-hydrogen) atoms. The number of allylic oxidation sites excluding steroid dienone is 1. The summed E-state index contributed by atoms with van der Waals surface area (Å²) in [6.07, 6.45) is 7.91. The van der Waals surface area contributed by atoms with Crippen LogP contribution in [0.4, 0.5) is 0 Å². The number of methoxy groups -OCH3 is 2. The number of rotatable bonds is 7. The van der Waals surface area contributed by atoms with E-state index in [0.29, 0.717) is 17.4 Å². The lowest BCUT2D eigenvalue weighted by molar-refractivity contribution is -0.134. The lowest BCUT2D eigenvalue weighted by Gasteiger charge is -2.32. The van der Waals surface area contributed by atoms with Gasteiger partial charge >= 0.3 is 0 Å². The van der Waals surface area contributed by atoms with Gasteiger partial charge in [0.25, 0.3) is 5.91 Å². The summed E-state index contributed by atoms with van der Waals surface area (Å²) in [5, 5.41) is 1.20. The predicted octanol–water partition coefficient (Wildman–Crippen LogP) is 5.00. The molecular formula is C26H30N2O4. The average Bonchev–Trinajstić information content (AvgIpc) is 3.26.